The average Bonchev–Trinajstić information content (AvgIpc) is 2.18. The van der Waals surface area contributed by atoms with E-state index in [1.54, 1.807) is 0 Å². The highest BCUT2D eigenvalue weighted by Crippen LogP contribution is 2.24. The summed E-state index contributed by atoms with van der Waals surface area (Å²) in [7, 11) is 1.35. The lowest BCUT2D eigenvalue weighted by Gasteiger charge is -2.08. The molecule has 0 fully saturated rings. The van der Waals surface area contributed by atoms with Crippen LogP contribution in [-0.4, -0.2) is 18.9 Å². The number of anilines is 1. The Morgan fingerprint density at radius 1 is 1.47 bits per heavy atom. The fraction of sp³-hybridized carbons (Fsp3) is 0.111. The molecule has 0 unspecified atom stereocenters. The first-order valence-corrected chi connectivity index (χ1v) is 3.99. The van der Waals surface area contributed by atoms with Crippen LogP contribution in [0.15, 0.2) is 18.2 Å². The Hall–Kier alpha value is -2.11. The Morgan fingerprint density at radius 3 is 2.67 bits per heavy atom. The molecular formula is C9H9FN2O3. The molecule has 1 aromatic rings. The number of carbonyl (C=O) groups excluding carboxylic acids is 2. The number of benzene rings is 1. The van der Waals surface area contributed by atoms with E-state index in [-0.39, 0.29) is 11.4 Å². The van der Waals surface area contributed by atoms with Gasteiger partial charge in [-0.2, -0.15) is 0 Å². The number of rotatable bonds is 2. The molecular weight excluding hydrogens is 203 g/mol. The molecule has 3 N–H and O–H groups in total. The first-order valence-electron chi connectivity index (χ1n) is 3.99. The van der Waals surface area contributed by atoms with E-state index in [0.717, 1.165) is 6.07 Å². The maximum absolute atomic E-state index is 12.8. The van der Waals surface area contributed by atoms with Crippen LogP contribution in [0.4, 0.5) is 10.1 Å². The van der Waals surface area contributed by atoms with E-state index in [0.29, 0.717) is 0 Å². The van der Waals surface area contributed by atoms with E-state index in [4.69, 9.17) is 10.5 Å². The van der Waals surface area contributed by atoms with Crippen molar-refractivity contribution in [3.05, 3.63) is 24.0 Å². The number of methoxy groups -OCH3 is 1. The summed E-state index contributed by atoms with van der Waals surface area (Å²) in [6.45, 7) is 0. The van der Waals surface area contributed by atoms with Gasteiger partial charge in [0.15, 0.2) is 0 Å². The van der Waals surface area contributed by atoms with Gasteiger partial charge in [0.2, 0.25) is 0 Å². The first-order chi connectivity index (χ1) is 7.04. The highest BCUT2D eigenvalue weighted by Gasteiger charge is 2.12. The largest absolute Gasteiger partial charge is 0.495 e. The molecule has 0 heterocycles. The fourth-order valence-electron chi connectivity index (χ4n) is 0.962. The van der Waals surface area contributed by atoms with Gasteiger partial charge in [-0.15, -0.1) is 0 Å². The predicted molar refractivity (Wildman–Crippen MR) is 50.8 cm³/mol. The van der Waals surface area contributed by atoms with Crippen molar-refractivity contribution in [3.63, 3.8) is 0 Å². The van der Waals surface area contributed by atoms with Crippen LogP contribution in [0.1, 0.15) is 0 Å². The summed E-state index contributed by atoms with van der Waals surface area (Å²) in [5.74, 6) is -2.50. The minimum Gasteiger partial charge on any atom is -0.495 e. The zero-order valence-corrected chi connectivity index (χ0v) is 7.91. The second kappa shape index (κ2) is 4.41. The number of hydrogen-bond donors (Lipinski definition) is 2. The summed E-state index contributed by atoms with van der Waals surface area (Å²) >= 11 is 0. The molecule has 0 aliphatic rings. The second-order valence-corrected chi connectivity index (χ2v) is 2.66. The minimum atomic E-state index is -1.15. The molecule has 0 saturated heterocycles. The van der Waals surface area contributed by atoms with Crippen molar-refractivity contribution in [2.45, 2.75) is 0 Å². The number of halogens is 1. The van der Waals surface area contributed by atoms with E-state index in [2.05, 4.69) is 5.32 Å². The molecule has 2 amide bonds. The Kier molecular flexibility index (Phi) is 3.22. The number of carbonyl (C=O) groups is 2. The van der Waals surface area contributed by atoms with Crippen molar-refractivity contribution in [1.82, 2.24) is 0 Å². The van der Waals surface area contributed by atoms with E-state index < -0.39 is 17.6 Å². The Bertz CT molecular complexity index is 406. The van der Waals surface area contributed by atoms with Crippen LogP contribution in [0.3, 0.4) is 0 Å². The molecule has 80 valence electrons. The zero-order valence-electron chi connectivity index (χ0n) is 7.91. The zero-order chi connectivity index (χ0) is 11.4. The second-order valence-electron chi connectivity index (χ2n) is 2.66. The van der Waals surface area contributed by atoms with Gasteiger partial charge in [-0.05, 0) is 12.1 Å². The molecule has 0 spiro atoms. The fourth-order valence-corrected chi connectivity index (χ4v) is 0.962. The lowest BCUT2D eigenvalue weighted by molar-refractivity contribution is -0.134. The standard InChI is InChI=1S/C9H9FN2O3/c1-15-7-3-2-5(10)4-6(7)12-9(14)8(11)13/h2-4H,1H3,(H2,11,13)(H,12,14). The summed E-state index contributed by atoms with van der Waals surface area (Å²) in [6.07, 6.45) is 0. The van der Waals surface area contributed by atoms with Gasteiger partial charge >= 0.3 is 11.8 Å². The third-order valence-corrected chi connectivity index (χ3v) is 1.63. The molecule has 6 heteroatoms. The van der Waals surface area contributed by atoms with Gasteiger partial charge in [0, 0.05) is 6.07 Å². The molecule has 0 aliphatic carbocycles. The average molecular weight is 212 g/mol. The monoisotopic (exact) mass is 212 g/mol. The van der Waals surface area contributed by atoms with Crippen LogP contribution in [-0.2, 0) is 9.59 Å². The SMILES string of the molecule is COc1ccc(F)cc1NC(=O)C(N)=O. The molecule has 1 aromatic carbocycles. The highest BCUT2D eigenvalue weighted by molar-refractivity contribution is 6.39. The Morgan fingerprint density at radius 2 is 2.13 bits per heavy atom. The summed E-state index contributed by atoms with van der Waals surface area (Å²) in [5.41, 5.74) is 4.78. The van der Waals surface area contributed by atoms with Crippen molar-refractivity contribution in [2.75, 3.05) is 12.4 Å². The summed E-state index contributed by atoms with van der Waals surface area (Å²) in [4.78, 5) is 21.4. The van der Waals surface area contributed by atoms with Gasteiger partial charge in [0.05, 0.1) is 12.8 Å². The van der Waals surface area contributed by atoms with Crippen LogP contribution >= 0.6 is 0 Å². The first kappa shape index (κ1) is 11.0. The van der Waals surface area contributed by atoms with Crippen molar-refractivity contribution in [1.29, 1.82) is 0 Å². The van der Waals surface area contributed by atoms with Crippen molar-refractivity contribution < 1.29 is 18.7 Å². The minimum absolute atomic E-state index is 0.0568. The van der Waals surface area contributed by atoms with Crippen molar-refractivity contribution >= 4 is 17.5 Å². The topological polar surface area (TPSA) is 81.4 Å². The van der Waals surface area contributed by atoms with Crippen LogP contribution in [0.5, 0.6) is 5.75 Å². The van der Waals surface area contributed by atoms with Crippen molar-refractivity contribution in [2.24, 2.45) is 5.73 Å². The lowest BCUT2D eigenvalue weighted by Crippen LogP contribution is -2.29. The van der Waals surface area contributed by atoms with Gasteiger partial charge in [-0.25, -0.2) is 4.39 Å². The molecule has 0 bridgehead atoms. The lowest BCUT2D eigenvalue weighted by atomic mass is 10.3. The van der Waals surface area contributed by atoms with Gasteiger partial charge < -0.3 is 15.8 Å². The molecule has 0 radical (unpaired) electrons. The molecule has 0 saturated carbocycles. The highest BCUT2D eigenvalue weighted by atomic mass is 19.1. The van der Waals surface area contributed by atoms with Crippen LogP contribution in [0.2, 0.25) is 0 Å². The van der Waals surface area contributed by atoms with Crippen LogP contribution < -0.4 is 15.8 Å². The third-order valence-electron chi connectivity index (χ3n) is 1.63. The molecule has 1 rings (SSSR count). The number of hydrogen-bond acceptors (Lipinski definition) is 3. The van der Waals surface area contributed by atoms with E-state index in [1.165, 1.54) is 19.2 Å². The normalized spacial score (nSPS) is 9.47. The van der Waals surface area contributed by atoms with E-state index in [1.807, 2.05) is 0 Å². The third kappa shape index (κ3) is 2.67. The quantitative estimate of drug-likeness (QED) is 0.690. The molecule has 5 nitrogen and oxygen atoms in total. The number of primary amides is 1. The van der Waals surface area contributed by atoms with E-state index >= 15 is 0 Å². The smallest absolute Gasteiger partial charge is 0.313 e. The maximum Gasteiger partial charge on any atom is 0.313 e. The molecule has 0 atom stereocenters. The molecule has 0 aromatic heterocycles. The van der Waals surface area contributed by atoms with E-state index in [9.17, 15) is 14.0 Å². The van der Waals surface area contributed by atoms with Gasteiger partial charge in [0.25, 0.3) is 0 Å². The summed E-state index contributed by atoms with van der Waals surface area (Å²) in [6, 6.07) is 3.52. The Balaban J connectivity index is 2.97. The van der Waals surface area contributed by atoms with Gasteiger partial charge in [-0.3, -0.25) is 9.59 Å². The summed E-state index contributed by atoms with van der Waals surface area (Å²) in [5, 5.41) is 2.12. The number of ether oxygens (including phenoxy) is 1. The van der Waals surface area contributed by atoms with Gasteiger partial charge in [-0.1, -0.05) is 0 Å². The van der Waals surface area contributed by atoms with Crippen molar-refractivity contribution in [3.8, 4) is 5.75 Å². The molecule has 15 heavy (non-hydrogen) atoms. The number of amides is 2. The number of nitrogens with two attached hydrogens (primary N) is 1. The Labute approximate surface area is 85.0 Å². The maximum atomic E-state index is 12.8. The molecule has 0 aliphatic heterocycles. The summed E-state index contributed by atoms with van der Waals surface area (Å²) < 4.78 is 17.7. The predicted octanol–water partition coefficient (Wildman–Crippen LogP) is 0.258. The van der Waals surface area contributed by atoms with Crippen LogP contribution in [0.25, 0.3) is 0 Å². The van der Waals surface area contributed by atoms with Crippen LogP contribution in [0, 0.1) is 5.82 Å². The van der Waals surface area contributed by atoms with Gasteiger partial charge in [0.1, 0.15) is 11.6 Å². The number of nitrogens with one attached hydrogen (secondary N) is 1.